The third-order valence-corrected chi connectivity index (χ3v) is 6.96. The fourth-order valence-corrected chi connectivity index (χ4v) is 4.92. The first kappa shape index (κ1) is 27.3. The molecule has 1 aliphatic heterocycles. The summed E-state index contributed by atoms with van der Waals surface area (Å²) in [4.78, 5) is 26.8. The van der Waals surface area contributed by atoms with Gasteiger partial charge >= 0.3 is 12.4 Å². The van der Waals surface area contributed by atoms with E-state index in [2.05, 4.69) is 17.6 Å². The Morgan fingerprint density at radius 1 is 0.943 bits per heavy atom. The van der Waals surface area contributed by atoms with Gasteiger partial charge in [-0.25, -0.2) is 0 Å². The number of hydrogen-bond donors (Lipinski definition) is 2. The minimum atomic E-state index is -5.00. The van der Waals surface area contributed by atoms with Crippen molar-refractivity contribution in [3.05, 3.63) is 34.9 Å². The molecule has 0 aromatic heterocycles. The summed E-state index contributed by atoms with van der Waals surface area (Å²) >= 11 is 0. The molecule has 2 fully saturated rings. The number of benzene rings is 1. The minimum absolute atomic E-state index is 0.00191. The molecular weight excluding hydrogens is 476 g/mol. The fraction of sp³-hybridized carbons (Fsp3) is 0.667. The summed E-state index contributed by atoms with van der Waals surface area (Å²) in [6.07, 6.45) is -4.01. The van der Waals surface area contributed by atoms with E-state index in [1.165, 1.54) is 0 Å². The van der Waals surface area contributed by atoms with Crippen LogP contribution in [0.2, 0.25) is 0 Å². The maximum Gasteiger partial charge on any atom is 0.416 e. The second-order valence-electron chi connectivity index (χ2n) is 9.39. The van der Waals surface area contributed by atoms with E-state index < -0.39 is 35.0 Å². The number of likely N-dealkylation sites (tertiary alicyclic amines) is 1. The number of nitrogens with one attached hydrogen (secondary N) is 2. The molecule has 1 atom stereocenters. The lowest BCUT2D eigenvalue weighted by Gasteiger charge is -2.30. The van der Waals surface area contributed by atoms with Gasteiger partial charge in [-0.05, 0) is 69.1 Å². The van der Waals surface area contributed by atoms with Crippen LogP contribution in [0.3, 0.4) is 0 Å². The number of carbonyl (C=O) groups excluding carboxylic acids is 2. The van der Waals surface area contributed by atoms with Crippen LogP contribution in [-0.2, 0) is 17.1 Å². The number of nitrogens with zero attached hydrogens (tertiary/aromatic N) is 1. The molecule has 1 saturated heterocycles. The Bertz CT molecular complexity index is 862. The van der Waals surface area contributed by atoms with Crippen LogP contribution in [0.5, 0.6) is 0 Å². The molecule has 1 saturated carbocycles. The molecule has 1 aromatic carbocycles. The summed E-state index contributed by atoms with van der Waals surface area (Å²) in [6.45, 7) is 3.31. The van der Waals surface area contributed by atoms with Crippen LogP contribution >= 0.6 is 0 Å². The first-order valence-electron chi connectivity index (χ1n) is 12.0. The van der Waals surface area contributed by atoms with Crippen molar-refractivity contribution in [2.45, 2.75) is 76.3 Å². The van der Waals surface area contributed by atoms with Gasteiger partial charge in [0.15, 0.2) is 0 Å². The third kappa shape index (κ3) is 7.35. The highest BCUT2D eigenvalue weighted by Crippen LogP contribution is 2.36. The van der Waals surface area contributed by atoms with Crippen LogP contribution in [0, 0.1) is 5.92 Å². The molecule has 196 valence electrons. The van der Waals surface area contributed by atoms with Gasteiger partial charge in [0.25, 0.3) is 5.91 Å². The van der Waals surface area contributed by atoms with Crippen molar-refractivity contribution in [1.29, 1.82) is 0 Å². The smallest absolute Gasteiger partial charge is 0.352 e. The molecular formula is C24H31F6N3O2. The van der Waals surface area contributed by atoms with Gasteiger partial charge in [0, 0.05) is 30.7 Å². The van der Waals surface area contributed by atoms with E-state index in [4.69, 9.17) is 0 Å². The quantitative estimate of drug-likeness (QED) is 0.511. The van der Waals surface area contributed by atoms with E-state index in [1.54, 1.807) is 0 Å². The second kappa shape index (κ2) is 11.2. The first-order chi connectivity index (χ1) is 16.4. The van der Waals surface area contributed by atoms with Gasteiger partial charge in [-0.15, -0.1) is 0 Å². The lowest BCUT2D eigenvalue weighted by molar-refractivity contribution is -0.143. The van der Waals surface area contributed by atoms with E-state index in [9.17, 15) is 35.9 Å². The van der Waals surface area contributed by atoms with Crippen molar-refractivity contribution < 1.29 is 35.9 Å². The monoisotopic (exact) mass is 507 g/mol. The Morgan fingerprint density at radius 3 is 2.09 bits per heavy atom. The van der Waals surface area contributed by atoms with Gasteiger partial charge in [0.1, 0.15) is 0 Å². The molecule has 1 aliphatic carbocycles. The van der Waals surface area contributed by atoms with Crippen molar-refractivity contribution in [3.63, 3.8) is 0 Å². The Kier molecular flexibility index (Phi) is 8.72. The van der Waals surface area contributed by atoms with Gasteiger partial charge in [0.2, 0.25) is 5.91 Å². The van der Waals surface area contributed by atoms with Crippen LogP contribution in [0.25, 0.3) is 0 Å². The molecule has 1 aromatic rings. The number of carbonyl (C=O) groups is 2. The Morgan fingerprint density at radius 2 is 1.54 bits per heavy atom. The van der Waals surface area contributed by atoms with Gasteiger partial charge in [0.05, 0.1) is 17.7 Å². The maximum absolute atomic E-state index is 13.0. The van der Waals surface area contributed by atoms with Crippen molar-refractivity contribution >= 4 is 11.8 Å². The molecule has 2 amide bonds. The minimum Gasteiger partial charge on any atom is -0.352 e. The molecule has 5 nitrogen and oxygen atoms in total. The van der Waals surface area contributed by atoms with E-state index in [1.807, 2.05) is 4.90 Å². The number of halogens is 6. The largest absolute Gasteiger partial charge is 0.416 e. The molecule has 2 N–H and O–H groups in total. The van der Waals surface area contributed by atoms with Crippen molar-refractivity contribution in [2.75, 3.05) is 19.6 Å². The lowest BCUT2D eigenvalue weighted by atomic mass is 9.86. The van der Waals surface area contributed by atoms with Crippen LogP contribution in [0.15, 0.2) is 18.2 Å². The van der Waals surface area contributed by atoms with E-state index in [-0.39, 0.29) is 37.0 Å². The van der Waals surface area contributed by atoms with Crippen LogP contribution in [0.1, 0.15) is 73.4 Å². The fourth-order valence-electron chi connectivity index (χ4n) is 4.92. The van der Waals surface area contributed by atoms with E-state index >= 15 is 0 Å². The molecule has 3 rings (SSSR count). The maximum atomic E-state index is 13.0. The summed E-state index contributed by atoms with van der Waals surface area (Å²) in [5.41, 5.74) is -3.70. The summed E-state index contributed by atoms with van der Waals surface area (Å²) in [6, 6.07) is 1.35. The zero-order valence-corrected chi connectivity index (χ0v) is 19.6. The molecule has 0 bridgehead atoms. The van der Waals surface area contributed by atoms with Crippen molar-refractivity contribution in [2.24, 2.45) is 5.92 Å². The van der Waals surface area contributed by atoms with Crippen LogP contribution < -0.4 is 10.6 Å². The zero-order valence-electron chi connectivity index (χ0n) is 19.6. The Labute approximate surface area is 200 Å². The molecule has 35 heavy (non-hydrogen) atoms. The average molecular weight is 508 g/mol. The lowest BCUT2D eigenvalue weighted by Crippen LogP contribution is -2.45. The predicted molar refractivity (Wildman–Crippen MR) is 118 cm³/mol. The van der Waals surface area contributed by atoms with Gasteiger partial charge < -0.3 is 15.5 Å². The Balaban J connectivity index is 1.47. The van der Waals surface area contributed by atoms with Crippen molar-refractivity contribution in [1.82, 2.24) is 15.5 Å². The second-order valence-corrected chi connectivity index (χ2v) is 9.39. The molecule has 2 aliphatic rings. The first-order valence-corrected chi connectivity index (χ1v) is 12.0. The summed E-state index contributed by atoms with van der Waals surface area (Å²) in [7, 11) is 0. The average Bonchev–Trinajstić information content (AvgIpc) is 3.29. The summed E-state index contributed by atoms with van der Waals surface area (Å²) in [5, 5.41) is 5.79. The topological polar surface area (TPSA) is 61.4 Å². The van der Waals surface area contributed by atoms with Crippen molar-refractivity contribution in [3.8, 4) is 0 Å². The summed E-state index contributed by atoms with van der Waals surface area (Å²) < 4.78 is 78.1. The van der Waals surface area contributed by atoms with Gasteiger partial charge in [-0.1, -0.05) is 6.92 Å². The normalized spacial score (nSPS) is 23.4. The number of alkyl halides is 6. The summed E-state index contributed by atoms with van der Waals surface area (Å²) in [5.74, 6) is -0.810. The highest BCUT2D eigenvalue weighted by atomic mass is 19.4. The van der Waals surface area contributed by atoms with Crippen LogP contribution in [0.4, 0.5) is 26.3 Å². The highest BCUT2D eigenvalue weighted by Gasteiger charge is 2.37. The van der Waals surface area contributed by atoms with E-state index in [0.29, 0.717) is 18.2 Å². The molecule has 1 heterocycles. The number of rotatable bonds is 7. The molecule has 11 heteroatoms. The third-order valence-electron chi connectivity index (χ3n) is 6.96. The molecule has 0 spiro atoms. The number of amides is 2. The molecule has 0 radical (unpaired) electrons. The van der Waals surface area contributed by atoms with Gasteiger partial charge in [-0.2, -0.15) is 26.3 Å². The highest BCUT2D eigenvalue weighted by molar-refractivity contribution is 5.94. The van der Waals surface area contributed by atoms with Gasteiger partial charge in [-0.3, -0.25) is 9.59 Å². The Hall–Kier alpha value is -2.30. The van der Waals surface area contributed by atoms with Crippen LogP contribution in [-0.4, -0.2) is 48.4 Å². The number of hydrogen-bond acceptors (Lipinski definition) is 3. The predicted octanol–water partition coefficient (Wildman–Crippen LogP) is 5.00. The molecule has 1 unspecified atom stereocenters. The SMILES string of the molecule is CCC1CCCN1C(=O)CNC1CCC(CNC(=O)c2cc(C(F)(F)F)cc(C(F)(F)F)c2)CC1. The standard InChI is InChI=1S/C24H31F6N3O2/c1-2-20-4-3-9-33(20)21(34)14-31-19-7-5-15(6-8-19)13-32-22(35)16-10-17(23(25,26)27)12-18(11-16)24(28,29)30/h10-12,15,19-20,31H,2-9,13-14H2,1H3,(H,32,35). The zero-order chi connectivity index (χ0) is 25.8. The van der Waals surface area contributed by atoms with E-state index in [0.717, 1.165) is 51.5 Å².